The molecule has 0 aliphatic carbocycles. The largest absolute Gasteiger partial charge is 0.312 e. The normalized spacial score (nSPS) is 10.8. The molecule has 0 saturated heterocycles. The average Bonchev–Trinajstić information content (AvgIpc) is 3.20. The molecule has 0 amide bonds. The van der Waals surface area contributed by atoms with E-state index < -0.39 is 0 Å². The van der Waals surface area contributed by atoms with Crippen LogP contribution in [-0.2, 0) is 0 Å². The Morgan fingerprint density at radius 1 is 0.548 bits per heavy atom. The van der Waals surface area contributed by atoms with Crippen molar-refractivity contribution in [2.75, 3.05) is 0 Å². The predicted octanol–water partition coefficient (Wildman–Crippen LogP) is 6.07. The van der Waals surface area contributed by atoms with Crippen LogP contribution in [0.25, 0.3) is 16.6 Å². The van der Waals surface area contributed by atoms with Crippen molar-refractivity contribution in [3.8, 4) is 11.1 Å². The number of hydrogen-bond donors (Lipinski definition) is 0. The van der Waals surface area contributed by atoms with Crippen LogP contribution in [0.5, 0.6) is 0 Å². The van der Waals surface area contributed by atoms with E-state index in [2.05, 4.69) is 0 Å². The number of fused-ring (bicyclic) bond motifs is 1. The van der Waals surface area contributed by atoms with Gasteiger partial charge in [-0.15, -0.1) is 0 Å². The molecule has 0 unspecified atom stereocenters. The fourth-order valence-electron chi connectivity index (χ4n) is 4.01. The molecule has 2 aromatic heterocycles. The summed E-state index contributed by atoms with van der Waals surface area (Å²) in [5.41, 5.74) is 4.43. The number of pyridine rings is 1. The quantitative estimate of drug-likeness (QED) is 0.335. The number of carbonyl (C=O) groups is 2. The monoisotopic (exact) mass is 401 g/mol. The fraction of sp³-hybridized carbons (Fsp3) is 0. The van der Waals surface area contributed by atoms with Gasteiger partial charge < -0.3 is 4.40 Å². The molecular weight excluding hydrogens is 382 g/mol. The third-order valence-corrected chi connectivity index (χ3v) is 5.42. The lowest BCUT2D eigenvalue weighted by atomic mass is 9.92. The molecule has 0 spiro atoms. The lowest BCUT2D eigenvalue weighted by Crippen LogP contribution is -2.07. The molecule has 0 N–H and O–H groups in total. The minimum atomic E-state index is -0.118. The highest BCUT2D eigenvalue weighted by Gasteiger charge is 2.28. The van der Waals surface area contributed by atoms with Crippen LogP contribution >= 0.6 is 0 Å². The van der Waals surface area contributed by atoms with Gasteiger partial charge in [0.1, 0.15) is 5.69 Å². The Bertz CT molecular complexity index is 1300. The van der Waals surface area contributed by atoms with Crippen molar-refractivity contribution in [1.29, 1.82) is 0 Å². The smallest absolute Gasteiger partial charge is 0.210 e. The summed E-state index contributed by atoms with van der Waals surface area (Å²) in [5.74, 6) is -0.219. The molecule has 0 radical (unpaired) electrons. The van der Waals surface area contributed by atoms with E-state index in [-0.39, 0.29) is 11.6 Å². The molecule has 0 saturated carbocycles. The summed E-state index contributed by atoms with van der Waals surface area (Å²) in [7, 11) is 0. The van der Waals surface area contributed by atoms with Crippen LogP contribution in [0, 0.1) is 0 Å². The highest BCUT2D eigenvalue weighted by Crippen LogP contribution is 2.36. The molecule has 3 nitrogen and oxygen atoms in total. The topological polar surface area (TPSA) is 38.5 Å². The van der Waals surface area contributed by atoms with Crippen LogP contribution in [0.4, 0.5) is 0 Å². The second kappa shape index (κ2) is 7.88. The van der Waals surface area contributed by atoms with Gasteiger partial charge >= 0.3 is 0 Å². The maximum absolute atomic E-state index is 13.7. The maximum Gasteiger partial charge on any atom is 0.210 e. The van der Waals surface area contributed by atoms with Crippen molar-refractivity contribution in [1.82, 2.24) is 4.40 Å². The first kappa shape index (κ1) is 18.8. The lowest BCUT2D eigenvalue weighted by molar-refractivity contribution is 0.103. The number of aromatic nitrogens is 1. The average molecular weight is 401 g/mol. The zero-order chi connectivity index (χ0) is 21.2. The number of rotatable bonds is 5. The van der Waals surface area contributed by atoms with Crippen LogP contribution in [0.3, 0.4) is 0 Å². The molecule has 0 fully saturated rings. The SMILES string of the molecule is O=C(c1ccccc1)c1c(-c2ccccc2)c(C(=O)c2ccccc2)n2ccccc12. The second-order valence-electron chi connectivity index (χ2n) is 7.31. The van der Waals surface area contributed by atoms with Gasteiger partial charge in [-0.05, 0) is 17.7 Å². The van der Waals surface area contributed by atoms with Crippen molar-refractivity contribution < 1.29 is 9.59 Å². The maximum atomic E-state index is 13.7. The summed E-state index contributed by atoms with van der Waals surface area (Å²) < 4.78 is 1.84. The van der Waals surface area contributed by atoms with E-state index in [0.717, 1.165) is 11.1 Å². The van der Waals surface area contributed by atoms with Crippen molar-refractivity contribution in [2.24, 2.45) is 0 Å². The minimum absolute atomic E-state index is 0.102. The molecule has 0 bridgehead atoms. The summed E-state index contributed by atoms with van der Waals surface area (Å²) in [6.07, 6.45) is 1.85. The number of hydrogen-bond acceptors (Lipinski definition) is 2. The highest BCUT2D eigenvalue weighted by atomic mass is 16.1. The Kier molecular flexibility index (Phi) is 4.77. The zero-order valence-electron chi connectivity index (χ0n) is 16.7. The van der Waals surface area contributed by atoms with E-state index >= 15 is 0 Å². The Morgan fingerprint density at radius 3 is 1.68 bits per heavy atom. The second-order valence-corrected chi connectivity index (χ2v) is 7.31. The molecule has 5 aromatic rings. The van der Waals surface area contributed by atoms with E-state index in [1.54, 1.807) is 12.1 Å². The van der Waals surface area contributed by atoms with Crippen molar-refractivity contribution >= 4 is 17.1 Å². The Hall–Kier alpha value is -4.24. The van der Waals surface area contributed by atoms with Gasteiger partial charge in [-0.3, -0.25) is 9.59 Å². The zero-order valence-corrected chi connectivity index (χ0v) is 16.7. The molecule has 5 rings (SSSR count). The van der Waals surface area contributed by atoms with Gasteiger partial charge in [0.05, 0.1) is 11.1 Å². The van der Waals surface area contributed by atoms with Crippen molar-refractivity contribution in [2.45, 2.75) is 0 Å². The molecule has 0 atom stereocenters. The Morgan fingerprint density at radius 2 is 1.06 bits per heavy atom. The van der Waals surface area contributed by atoms with Gasteiger partial charge in [-0.25, -0.2) is 0 Å². The van der Waals surface area contributed by atoms with E-state index in [4.69, 9.17) is 0 Å². The fourth-order valence-corrected chi connectivity index (χ4v) is 4.01. The third-order valence-electron chi connectivity index (χ3n) is 5.42. The summed E-state index contributed by atoms with van der Waals surface area (Å²) >= 11 is 0. The van der Waals surface area contributed by atoms with Crippen LogP contribution in [0.2, 0.25) is 0 Å². The van der Waals surface area contributed by atoms with Gasteiger partial charge in [0.2, 0.25) is 5.78 Å². The Balaban J connectivity index is 1.87. The molecule has 0 aliphatic rings. The third kappa shape index (κ3) is 3.26. The molecule has 148 valence electrons. The Labute approximate surface area is 180 Å². The molecule has 3 heteroatoms. The number of carbonyl (C=O) groups excluding carboxylic acids is 2. The molecule has 3 aromatic carbocycles. The van der Waals surface area contributed by atoms with Crippen molar-refractivity contribution in [3.05, 3.63) is 138 Å². The predicted molar refractivity (Wildman–Crippen MR) is 123 cm³/mol. The first-order chi connectivity index (χ1) is 15.3. The van der Waals surface area contributed by atoms with Crippen LogP contribution in [0.15, 0.2) is 115 Å². The van der Waals surface area contributed by atoms with Gasteiger partial charge in [-0.2, -0.15) is 0 Å². The summed E-state index contributed by atoms with van der Waals surface area (Å²) in [6.45, 7) is 0. The van der Waals surface area contributed by atoms with E-state index in [1.807, 2.05) is 108 Å². The van der Waals surface area contributed by atoms with Crippen molar-refractivity contribution in [3.63, 3.8) is 0 Å². The van der Waals surface area contributed by atoms with Gasteiger partial charge in [0.15, 0.2) is 5.78 Å². The standard InChI is InChI=1S/C28H19NO2/c30-27(21-14-6-2-7-15-21)25-23-18-10-11-19-29(23)26(24(25)20-12-4-1-5-13-20)28(31)22-16-8-3-9-17-22/h1-19H. The minimum Gasteiger partial charge on any atom is -0.312 e. The van der Waals surface area contributed by atoms with E-state index in [1.165, 1.54) is 0 Å². The summed E-state index contributed by atoms with van der Waals surface area (Å²) in [4.78, 5) is 27.4. The lowest BCUT2D eigenvalue weighted by Gasteiger charge is -2.08. The molecule has 2 heterocycles. The van der Waals surface area contributed by atoms with E-state index in [0.29, 0.717) is 27.9 Å². The van der Waals surface area contributed by atoms with Gasteiger partial charge in [0.25, 0.3) is 0 Å². The highest BCUT2D eigenvalue weighted by molar-refractivity contribution is 6.23. The van der Waals surface area contributed by atoms with Crippen LogP contribution < -0.4 is 0 Å². The first-order valence-electron chi connectivity index (χ1n) is 10.1. The molecule has 31 heavy (non-hydrogen) atoms. The van der Waals surface area contributed by atoms with Crippen LogP contribution in [-0.4, -0.2) is 16.0 Å². The first-order valence-corrected chi connectivity index (χ1v) is 10.1. The number of nitrogens with zero attached hydrogens (tertiary/aromatic N) is 1. The summed E-state index contributed by atoms with van der Waals surface area (Å²) in [6, 6.07) is 33.7. The molecular formula is C28H19NO2. The van der Waals surface area contributed by atoms with Gasteiger partial charge in [0, 0.05) is 22.9 Å². The van der Waals surface area contributed by atoms with Gasteiger partial charge in [-0.1, -0.05) is 97.1 Å². The van der Waals surface area contributed by atoms with E-state index in [9.17, 15) is 9.59 Å². The summed E-state index contributed by atoms with van der Waals surface area (Å²) in [5, 5.41) is 0. The molecule has 0 aliphatic heterocycles. The van der Waals surface area contributed by atoms with Crippen LogP contribution in [0.1, 0.15) is 32.0 Å². The number of benzene rings is 3. The number of ketones is 2.